The Morgan fingerprint density at radius 3 is 2.96 bits per heavy atom. The van der Waals surface area contributed by atoms with Crippen molar-refractivity contribution >= 4 is 22.8 Å². The molecule has 1 aromatic heterocycles. The lowest BCUT2D eigenvalue weighted by atomic mass is 10.1. The SMILES string of the molecule is CCc1cc(=O)oc2cc(OCC(=O)N3CCCNC(=O)C3)ccc12. The molecule has 1 N–H and O–H groups in total. The molecule has 2 heterocycles. The minimum absolute atomic E-state index is 0.0502. The van der Waals surface area contributed by atoms with Crippen molar-refractivity contribution in [2.75, 3.05) is 26.2 Å². The van der Waals surface area contributed by atoms with E-state index >= 15 is 0 Å². The average Bonchev–Trinajstić information content (AvgIpc) is 2.83. The molecule has 0 saturated carbocycles. The van der Waals surface area contributed by atoms with Crippen LogP contribution < -0.4 is 15.7 Å². The molecule has 1 fully saturated rings. The number of nitrogens with one attached hydrogen (secondary N) is 1. The molecule has 7 nitrogen and oxygen atoms in total. The second-order valence-electron chi connectivity index (χ2n) is 5.91. The quantitative estimate of drug-likeness (QED) is 0.839. The fourth-order valence-electron chi connectivity index (χ4n) is 2.85. The van der Waals surface area contributed by atoms with E-state index < -0.39 is 5.63 Å². The van der Waals surface area contributed by atoms with Gasteiger partial charge in [0, 0.05) is 30.6 Å². The molecule has 0 aliphatic carbocycles. The number of amides is 2. The molecule has 0 atom stereocenters. The number of benzene rings is 1. The van der Waals surface area contributed by atoms with Crippen LogP contribution >= 0.6 is 0 Å². The number of hydrogen-bond acceptors (Lipinski definition) is 5. The fourth-order valence-corrected chi connectivity index (χ4v) is 2.85. The van der Waals surface area contributed by atoms with Crippen LogP contribution in [-0.4, -0.2) is 43.0 Å². The Morgan fingerprint density at radius 1 is 1.32 bits per heavy atom. The Morgan fingerprint density at radius 2 is 2.16 bits per heavy atom. The minimum atomic E-state index is -0.409. The van der Waals surface area contributed by atoms with E-state index in [1.807, 2.05) is 13.0 Å². The smallest absolute Gasteiger partial charge is 0.336 e. The highest BCUT2D eigenvalue weighted by Gasteiger charge is 2.20. The molecule has 0 spiro atoms. The number of rotatable bonds is 4. The summed E-state index contributed by atoms with van der Waals surface area (Å²) in [7, 11) is 0. The summed E-state index contributed by atoms with van der Waals surface area (Å²) >= 11 is 0. The van der Waals surface area contributed by atoms with Gasteiger partial charge in [-0.15, -0.1) is 0 Å². The van der Waals surface area contributed by atoms with Crippen molar-refractivity contribution < 1.29 is 18.7 Å². The van der Waals surface area contributed by atoms with Crippen molar-refractivity contribution in [1.82, 2.24) is 10.2 Å². The summed E-state index contributed by atoms with van der Waals surface area (Å²) < 4.78 is 10.7. The number of carbonyl (C=O) groups excluding carboxylic acids is 2. The van der Waals surface area contributed by atoms with E-state index in [1.165, 1.54) is 11.0 Å². The highest BCUT2D eigenvalue weighted by Crippen LogP contribution is 2.23. The second kappa shape index (κ2) is 7.38. The molecule has 1 aromatic carbocycles. The zero-order chi connectivity index (χ0) is 17.8. The Balaban J connectivity index is 1.71. The lowest BCUT2D eigenvalue weighted by molar-refractivity contribution is -0.136. The molecule has 0 bridgehead atoms. The van der Waals surface area contributed by atoms with Crippen LogP contribution in [0.3, 0.4) is 0 Å². The van der Waals surface area contributed by atoms with Gasteiger partial charge in [0.2, 0.25) is 5.91 Å². The molecule has 0 radical (unpaired) electrons. The predicted molar refractivity (Wildman–Crippen MR) is 91.6 cm³/mol. The number of nitrogens with zero attached hydrogens (tertiary/aromatic N) is 1. The summed E-state index contributed by atoms with van der Waals surface area (Å²) in [6.45, 7) is 2.94. The van der Waals surface area contributed by atoms with Crippen molar-refractivity contribution in [3.63, 3.8) is 0 Å². The zero-order valence-corrected chi connectivity index (χ0v) is 14.0. The van der Waals surface area contributed by atoms with E-state index in [2.05, 4.69) is 5.32 Å². The van der Waals surface area contributed by atoms with Crippen LogP contribution in [0.1, 0.15) is 18.9 Å². The van der Waals surface area contributed by atoms with Crippen LogP contribution in [0.25, 0.3) is 11.0 Å². The van der Waals surface area contributed by atoms with Gasteiger partial charge < -0.3 is 19.4 Å². The van der Waals surface area contributed by atoms with Crippen molar-refractivity contribution in [1.29, 1.82) is 0 Å². The maximum absolute atomic E-state index is 12.2. The summed E-state index contributed by atoms with van der Waals surface area (Å²) in [5.41, 5.74) is 0.932. The summed E-state index contributed by atoms with van der Waals surface area (Å²) in [6, 6.07) is 6.65. The van der Waals surface area contributed by atoms with Gasteiger partial charge in [-0.2, -0.15) is 0 Å². The van der Waals surface area contributed by atoms with Crippen LogP contribution in [0.15, 0.2) is 33.5 Å². The van der Waals surface area contributed by atoms with Crippen molar-refractivity contribution in [2.45, 2.75) is 19.8 Å². The van der Waals surface area contributed by atoms with Crippen LogP contribution in [0, 0.1) is 0 Å². The topological polar surface area (TPSA) is 88.8 Å². The van der Waals surface area contributed by atoms with E-state index in [1.54, 1.807) is 12.1 Å². The van der Waals surface area contributed by atoms with Crippen LogP contribution in [0.5, 0.6) is 5.75 Å². The van der Waals surface area contributed by atoms with E-state index in [-0.39, 0.29) is 25.0 Å². The van der Waals surface area contributed by atoms with Gasteiger partial charge in [-0.25, -0.2) is 4.79 Å². The number of ether oxygens (including phenoxy) is 1. The van der Waals surface area contributed by atoms with E-state index in [4.69, 9.17) is 9.15 Å². The maximum Gasteiger partial charge on any atom is 0.336 e. The molecule has 2 amide bonds. The van der Waals surface area contributed by atoms with Gasteiger partial charge in [0.05, 0.1) is 6.54 Å². The number of hydrogen-bond donors (Lipinski definition) is 1. The van der Waals surface area contributed by atoms with Crippen LogP contribution in [-0.2, 0) is 16.0 Å². The number of carbonyl (C=O) groups is 2. The molecule has 0 unspecified atom stereocenters. The van der Waals surface area contributed by atoms with Gasteiger partial charge in [-0.05, 0) is 30.5 Å². The molecule has 3 rings (SSSR count). The molecule has 7 heteroatoms. The summed E-state index contributed by atoms with van der Waals surface area (Å²) in [6.07, 6.45) is 1.44. The van der Waals surface area contributed by atoms with Gasteiger partial charge in [0.1, 0.15) is 11.3 Å². The van der Waals surface area contributed by atoms with Crippen molar-refractivity contribution in [2.24, 2.45) is 0 Å². The molecule has 1 saturated heterocycles. The van der Waals surface area contributed by atoms with Gasteiger partial charge in [0.25, 0.3) is 5.91 Å². The molecular weight excluding hydrogens is 324 g/mol. The molecule has 1 aliphatic heterocycles. The van der Waals surface area contributed by atoms with Crippen LogP contribution in [0.2, 0.25) is 0 Å². The third-order valence-electron chi connectivity index (χ3n) is 4.16. The lowest BCUT2D eigenvalue weighted by Gasteiger charge is -2.19. The third kappa shape index (κ3) is 3.99. The zero-order valence-electron chi connectivity index (χ0n) is 14.0. The third-order valence-corrected chi connectivity index (χ3v) is 4.16. The first kappa shape index (κ1) is 17.0. The first-order chi connectivity index (χ1) is 12.1. The largest absolute Gasteiger partial charge is 0.484 e. The molecule has 1 aliphatic rings. The number of aryl methyl sites for hydroxylation is 1. The Bertz CT molecular complexity index is 858. The van der Waals surface area contributed by atoms with Crippen molar-refractivity contribution in [3.8, 4) is 5.75 Å². The van der Waals surface area contributed by atoms with E-state index in [0.29, 0.717) is 24.4 Å². The van der Waals surface area contributed by atoms with E-state index in [0.717, 1.165) is 23.8 Å². The minimum Gasteiger partial charge on any atom is -0.484 e. The van der Waals surface area contributed by atoms with Crippen molar-refractivity contribution in [3.05, 3.63) is 40.2 Å². The highest BCUT2D eigenvalue weighted by atomic mass is 16.5. The van der Waals surface area contributed by atoms with Gasteiger partial charge in [-0.1, -0.05) is 6.92 Å². The fraction of sp³-hybridized carbons (Fsp3) is 0.389. The van der Waals surface area contributed by atoms with E-state index in [9.17, 15) is 14.4 Å². The average molecular weight is 344 g/mol. The van der Waals surface area contributed by atoms with Crippen LogP contribution in [0.4, 0.5) is 0 Å². The molecule has 25 heavy (non-hydrogen) atoms. The molecule has 132 valence electrons. The normalized spacial score (nSPS) is 14.9. The lowest BCUT2D eigenvalue weighted by Crippen LogP contribution is -2.39. The summed E-state index contributed by atoms with van der Waals surface area (Å²) in [5.74, 6) is 0.0304. The second-order valence-corrected chi connectivity index (χ2v) is 5.91. The first-order valence-electron chi connectivity index (χ1n) is 8.31. The van der Waals surface area contributed by atoms with Gasteiger partial charge >= 0.3 is 5.63 Å². The Hall–Kier alpha value is -2.83. The highest BCUT2D eigenvalue weighted by molar-refractivity contribution is 5.86. The molecule has 2 aromatic rings. The first-order valence-corrected chi connectivity index (χ1v) is 8.31. The summed E-state index contributed by atoms with van der Waals surface area (Å²) in [4.78, 5) is 36.8. The maximum atomic E-state index is 12.2. The summed E-state index contributed by atoms with van der Waals surface area (Å²) in [5, 5.41) is 3.58. The predicted octanol–water partition coefficient (Wildman–Crippen LogP) is 1.08. The molecular formula is C18H20N2O5. The van der Waals surface area contributed by atoms with Gasteiger partial charge in [-0.3, -0.25) is 9.59 Å². The standard InChI is InChI=1S/C18H20N2O5/c1-2-12-8-18(23)25-15-9-13(4-5-14(12)15)24-11-17(22)20-7-3-6-19-16(21)10-20/h4-5,8-9H,2-3,6-7,10-11H2,1H3,(H,19,21). The monoisotopic (exact) mass is 344 g/mol. The Labute approximate surface area is 144 Å². The number of fused-ring (bicyclic) bond motifs is 1. The van der Waals surface area contributed by atoms with Gasteiger partial charge in [0.15, 0.2) is 6.61 Å². The Kier molecular flexibility index (Phi) is 5.02.